The molecule has 0 bridgehead atoms. The monoisotopic (exact) mass is 1880 g/mol. The maximum Gasteiger partial charge on any atom is 0.243 e. The van der Waals surface area contributed by atoms with Crippen LogP contribution in [-0.4, -0.2) is 139 Å². The molecule has 6 atom stereocenters. The number of unbranched alkanes of at least 4 members (excludes halogenated alkanes) is 16. The predicted molar refractivity (Wildman–Crippen MR) is 551 cm³/mol. The third-order valence-corrected chi connectivity index (χ3v) is 37.4. The first kappa shape index (κ1) is 121. The van der Waals surface area contributed by atoms with Crippen LogP contribution in [0.3, 0.4) is 0 Å². The lowest BCUT2D eigenvalue weighted by atomic mass is 9.84. The van der Waals surface area contributed by atoms with E-state index in [1.54, 1.807) is 0 Å². The van der Waals surface area contributed by atoms with E-state index in [4.69, 9.17) is 47.0 Å². The van der Waals surface area contributed by atoms with Crippen LogP contribution in [0.2, 0.25) is 33.2 Å². The van der Waals surface area contributed by atoms with Crippen molar-refractivity contribution in [2.75, 3.05) is 33.0 Å². The molecule has 15 N–H and O–H groups in total. The number of hydrogen-bond donors (Lipinski definition) is 10. The number of ether oxygens (including phenoxy) is 2. The highest BCUT2D eigenvalue weighted by molar-refractivity contribution is 6.78. The number of carbonyl (C=O) groups excluding carboxylic acids is 9. The Morgan fingerprint density at radius 3 is 0.880 bits per heavy atom. The van der Waals surface area contributed by atoms with Gasteiger partial charge in [-0.15, -0.1) is 0 Å². The molecule has 0 saturated heterocycles. The molecule has 0 unspecified atom stereocenters. The molecule has 0 aromatic heterocycles. The summed E-state index contributed by atoms with van der Waals surface area (Å²) in [7, 11) is -3.53. The Morgan fingerprint density at radius 1 is 0.331 bits per heavy atom. The molecule has 0 aliphatic carbocycles. The molecule has 0 spiro atoms. The minimum atomic E-state index is -1.77. The van der Waals surface area contributed by atoms with E-state index in [0.717, 1.165) is 78.2 Å². The van der Waals surface area contributed by atoms with Crippen molar-refractivity contribution < 1.29 is 61.5 Å². The number of hydrogen-bond acceptors (Lipinski definition) is 16. The molecule has 0 fully saturated rings. The number of benzene rings is 5. The SMILES string of the molecule is C.CC(C)C[C@H](NC(=O)[C@@H](N)Cc1ccccc1)C(=O)CCC(=O)NC(C)(c1ccc(OCCCCCCCCCCCO[Si](C(C)C)(C(C)C)C(C)C)cc1)c1ccc(OCCCCCCCCCCCO[Si](C(C)C)(C(C)C)C(C)C)cc1.CC(C)C[C@H](NC(=O)[C@@H](N)Cc1ccccc1)C(=O)CCC(N)=O.CC(C)C[C@H](NC(=O)[C@@H](N)Cc1ccccc1)C(=O)NCC(N)=O. The second-order valence-electron chi connectivity index (χ2n) is 39.7. The number of Topliss-reactive ketones (excluding diaryl/α,β-unsaturated/α-hetero) is 2. The van der Waals surface area contributed by atoms with Crippen LogP contribution in [-0.2, 0) is 76.8 Å². The highest BCUT2D eigenvalue weighted by Gasteiger charge is 2.46. The molecule has 0 aliphatic rings. The van der Waals surface area contributed by atoms with E-state index >= 15 is 0 Å². The van der Waals surface area contributed by atoms with E-state index in [0.29, 0.717) is 85.0 Å². The molecule has 23 nitrogen and oxygen atoms in total. The topological polar surface area (TPSA) is 381 Å². The first-order valence-corrected chi connectivity index (χ1v) is 54.1. The Morgan fingerprint density at radius 2 is 0.602 bits per heavy atom. The molecule has 5 aromatic carbocycles. The number of nitrogens with one attached hydrogen (secondary N) is 5. The van der Waals surface area contributed by atoms with Crippen LogP contribution >= 0.6 is 0 Å². The van der Waals surface area contributed by atoms with Gasteiger partial charge in [-0.05, 0) is 174 Å². The zero-order valence-corrected chi connectivity index (χ0v) is 86.5. The summed E-state index contributed by atoms with van der Waals surface area (Å²) in [5.74, 6) is -1.26. The van der Waals surface area contributed by atoms with Crippen molar-refractivity contribution in [3.05, 3.63) is 167 Å². The minimum Gasteiger partial charge on any atom is -0.494 e. The smallest absolute Gasteiger partial charge is 0.243 e. The van der Waals surface area contributed by atoms with Gasteiger partial charge in [0.15, 0.2) is 28.2 Å². The zero-order valence-electron chi connectivity index (χ0n) is 84.5. The Labute approximate surface area is 805 Å². The maximum absolute atomic E-state index is 14.0. The van der Waals surface area contributed by atoms with Gasteiger partial charge in [-0.1, -0.05) is 337 Å². The highest BCUT2D eigenvalue weighted by Crippen LogP contribution is 2.44. The van der Waals surface area contributed by atoms with Crippen LogP contribution in [0.1, 0.15) is 327 Å². The summed E-state index contributed by atoms with van der Waals surface area (Å²) in [4.78, 5) is 112. The van der Waals surface area contributed by atoms with Crippen molar-refractivity contribution in [3.63, 3.8) is 0 Å². The van der Waals surface area contributed by atoms with Gasteiger partial charge in [0.1, 0.15) is 17.5 Å². The van der Waals surface area contributed by atoms with Gasteiger partial charge in [-0.2, -0.15) is 0 Å². The molecule has 748 valence electrons. The summed E-state index contributed by atoms with van der Waals surface area (Å²) < 4.78 is 26.0. The average Bonchev–Trinajstić information content (AvgIpc) is 0.778. The molecule has 5 rings (SSSR count). The second kappa shape index (κ2) is 66.1. The van der Waals surface area contributed by atoms with Crippen LogP contribution in [0.15, 0.2) is 140 Å². The lowest BCUT2D eigenvalue weighted by molar-refractivity contribution is -0.130. The summed E-state index contributed by atoms with van der Waals surface area (Å²) >= 11 is 0. The summed E-state index contributed by atoms with van der Waals surface area (Å²) in [5.41, 5.74) is 35.8. The Kier molecular flexibility index (Phi) is 60.0. The summed E-state index contributed by atoms with van der Waals surface area (Å²) in [6.07, 6.45) is 24.3. The molecular formula is C108H180N10O13Si2. The van der Waals surface area contributed by atoms with Gasteiger partial charge in [-0.3, -0.25) is 43.2 Å². The molecule has 5 aromatic rings. The van der Waals surface area contributed by atoms with Gasteiger partial charge in [0.05, 0.1) is 55.5 Å². The van der Waals surface area contributed by atoms with Crippen molar-refractivity contribution in [2.45, 2.75) is 394 Å². The van der Waals surface area contributed by atoms with E-state index < -0.39 is 82.1 Å². The molecule has 0 heterocycles. The zero-order chi connectivity index (χ0) is 98.4. The first-order chi connectivity index (χ1) is 62.6. The van der Waals surface area contributed by atoms with Gasteiger partial charge in [0, 0.05) is 38.9 Å². The van der Waals surface area contributed by atoms with Crippen LogP contribution < -0.4 is 64.7 Å². The van der Waals surface area contributed by atoms with Gasteiger partial charge in [0.25, 0.3) is 0 Å². The van der Waals surface area contributed by atoms with Crippen molar-refractivity contribution in [1.82, 2.24) is 26.6 Å². The van der Waals surface area contributed by atoms with E-state index in [1.165, 1.54) is 89.9 Å². The van der Waals surface area contributed by atoms with Crippen molar-refractivity contribution in [3.8, 4) is 11.5 Å². The van der Waals surface area contributed by atoms with E-state index in [9.17, 15) is 43.2 Å². The van der Waals surface area contributed by atoms with Crippen molar-refractivity contribution in [2.24, 2.45) is 46.4 Å². The fourth-order valence-corrected chi connectivity index (χ4v) is 29.2. The van der Waals surface area contributed by atoms with E-state index in [2.05, 4.69) is 110 Å². The fourth-order valence-electron chi connectivity index (χ4n) is 18.2. The number of rotatable bonds is 66. The first-order valence-electron chi connectivity index (χ1n) is 49.8. The Bertz CT molecular complexity index is 3810. The van der Waals surface area contributed by atoms with E-state index in [-0.39, 0.29) is 86.7 Å². The normalized spacial score (nSPS) is 13.1. The number of primary amides is 2. The maximum atomic E-state index is 14.0. The van der Waals surface area contributed by atoms with Crippen LogP contribution in [0.25, 0.3) is 0 Å². The molecule has 25 heteroatoms. The highest BCUT2D eigenvalue weighted by atomic mass is 28.4. The van der Waals surface area contributed by atoms with Gasteiger partial charge < -0.3 is 73.6 Å². The number of carbonyl (C=O) groups is 9. The number of amides is 7. The Balaban J connectivity index is 0.000000981. The van der Waals surface area contributed by atoms with Crippen LogP contribution in [0.5, 0.6) is 11.5 Å². The summed E-state index contributed by atoms with van der Waals surface area (Å²) in [6.45, 7) is 45.1. The minimum absolute atomic E-state index is 0. The molecule has 7 amide bonds. The molecule has 133 heavy (non-hydrogen) atoms. The molecular weight excluding hydrogens is 1700 g/mol. The third kappa shape index (κ3) is 46.8. The average molecular weight is 1880 g/mol. The quantitative estimate of drug-likeness (QED) is 0.0128. The molecule has 0 radical (unpaired) electrons. The standard InChI is InChI=1S/C72H123N3O7Si2.C18H27N3O3.C17H26N4O3.CH4/c1-55(2)53-68(74-71(78)67(73)54-62-37-31-30-32-38-62)69(76)47-48-70(77)75-72(15,63-39-43-65(44-40-63)79-49-33-26-22-18-16-20-24-28-35-51-81-83(56(3)4,57(5)6)58(7)8)64-41-45-66(46-42-64)80-50-34-27-23-19-17-21-25-29-36-52-82-84(59(9)10,60(11)12)61(13)14;1-12(2)10-15(16(22)8-9-17(20)23)21-18(24)14(19)11-13-6-4-3-5-7-13;1-11(2)8-14(17(24)20-10-15(19)22)21-16(23)13(18)9-12-6-4-3-5-7-12;/h30-32,37-46,55-61,67-68H,16-29,33-36,47-54,73H2,1-15H3,(H,74,78)(H,75,77);3-7,12,14-15H,8-11,19H2,1-2H3,(H2,20,23)(H,21,24);3-7,11,13-14H,8-10,18H2,1-2H3,(H2,19,22)(H,20,24)(H,21,23);1H4/t67-,68-;14-,15-;13-,14-;/m000./s1. The number of nitrogens with two attached hydrogens (primary N) is 5. The summed E-state index contributed by atoms with van der Waals surface area (Å²) in [6, 6.07) is 40.1. The fraction of sp³-hybridized carbons (Fsp3) is 0.639. The number of ketones is 2. The molecule has 0 aliphatic heterocycles. The Hall–Kier alpha value is -8.44. The van der Waals surface area contributed by atoms with Gasteiger partial charge >= 0.3 is 0 Å². The van der Waals surface area contributed by atoms with E-state index in [1.807, 2.05) is 188 Å². The lowest BCUT2D eigenvalue weighted by Gasteiger charge is -2.42. The van der Waals surface area contributed by atoms with Gasteiger partial charge in [0.2, 0.25) is 41.4 Å². The third-order valence-electron chi connectivity index (χ3n) is 25.2. The van der Waals surface area contributed by atoms with Crippen molar-refractivity contribution in [1.29, 1.82) is 0 Å². The summed E-state index contributed by atoms with van der Waals surface area (Å²) in [5, 5.41) is 14.0. The predicted octanol–water partition coefficient (Wildman–Crippen LogP) is 19.9. The van der Waals surface area contributed by atoms with Crippen LogP contribution in [0, 0.1) is 17.8 Å². The van der Waals surface area contributed by atoms with Crippen molar-refractivity contribution >= 4 is 69.6 Å². The largest absolute Gasteiger partial charge is 0.494 e. The van der Waals surface area contributed by atoms with Gasteiger partial charge in [-0.25, -0.2) is 0 Å². The lowest BCUT2D eigenvalue weighted by Crippen LogP contribution is -2.53. The molecule has 0 saturated carbocycles. The second-order valence-corrected chi connectivity index (χ2v) is 50.6. The van der Waals surface area contributed by atoms with Crippen LogP contribution in [0.4, 0.5) is 0 Å².